The number of nitrogens with zero attached hydrogens (tertiary/aromatic N) is 3. The Morgan fingerprint density at radius 1 is 1.35 bits per heavy atom. The van der Waals surface area contributed by atoms with Crippen molar-refractivity contribution in [2.45, 2.75) is 39.2 Å². The summed E-state index contributed by atoms with van der Waals surface area (Å²) in [7, 11) is 0. The van der Waals surface area contributed by atoms with Gasteiger partial charge in [-0.2, -0.15) is 0 Å². The van der Waals surface area contributed by atoms with Crippen molar-refractivity contribution < 1.29 is 9.90 Å². The highest BCUT2D eigenvalue weighted by Gasteiger charge is 2.23. The average Bonchev–Trinajstić information content (AvgIpc) is 2.85. The molecule has 2 N–H and O–H groups in total. The Bertz CT molecular complexity index is 617. The summed E-state index contributed by atoms with van der Waals surface area (Å²) in [4.78, 5) is 12.1. The van der Waals surface area contributed by atoms with Crippen LogP contribution in [0.4, 0.5) is 0 Å². The van der Waals surface area contributed by atoms with Crippen molar-refractivity contribution in [2.75, 3.05) is 6.54 Å². The van der Waals surface area contributed by atoms with Crippen LogP contribution in [-0.2, 0) is 0 Å². The first-order valence-corrected chi connectivity index (χ1v) is 6.81. The minimum absolute atomic E-state index is 0.208. The number of amides is 1. The van der Waals surface area contributed by atoms with E-state index < -0.39 is 5.60 Å². The van der Waals surface area contributed by atoms with Gasteiger partial charge in [-0.05, 0) is 31.9 Å². The van der Waals surface area contributed by atoms with Crippen molar-refractivity contribution in [2.24, 2.45) is 0 Å². The molecule has 0 radical (unpaired) electrons. The Morgan fingerprint density at radius 3 is 2.70 bits per heavy atom. The molecule has 0 aromatic carbocycles. The molecule has 0 fully saturated rings. The lowest BCUT2D eigenvalue weighted by Crippen LogP contribution is -2.42. The Balaban J connectivity index is 2.13. The quantitative estimate of drug-likeness (QED) is 0.863. The van der Waals surface area contributed by atoms with Crippen LogP contribution in [0, 0.1) is 6.92 Å². The number of rotatable bonds is 5. The van der Waals surface area contributed by atoms with E-state index in [0.29, 0.717) is 24.1 Å². The van der Waals surface area contributed by atoms with Gasteiger partial charge in [-0.1, -0.05) is 13.8 Å². The van der Waals surface area contributed by atoms with Gasteiger partial charge in [0.1, 0.15) is 5.82 Å². The molecular weight excluding hydrogens is 256 g/mol. The SMILES string of the molecule is CCC(O)(CC)CNC(=O)c1ccc2nnc(C)n2c1. The molecule has 0 saturated carbocycles. The summed E-state index contributed by atoms with van der Waals surface area (Å²) in [6, 6.07) is 3.45. The molecule has 6 nitrogen and oxygen atoms in total. The fraction of sp³-hybridized carbons (Fsp3) is 0.500. The van der Waals surface area contributed by atoms with Gasteiger partial charge in [-0.3, -0.25) is 9.20 Å². The number of pyridine rings is 1. The molecule has 2 aromatic heterocycles. The predicted octanol–water partition coefficient (Wildman–Crippen LogP) is 1.32. The molecule has 6 heteroatoms. The van der Waals surface area contributed by atoms with Gasteiger partial charge in [-0.15, -0.1) is 10.2 Å². The number of carbonyl (C=O) groups is 1. The highest BCUT2D eigenvalue weighted by Crippen LogP contribution is 2.13. The van der Waals surface area contributed by atoms with Crippen LogP contribution in [0.3, 0.4) is 0 Å². The lowest BCUT2D eigenvalue weighted by molar-refractivity contribution is 0.0314. The first-order chi connectivity index (χ1) is 9.49. The van der Waals surface area contributed by atoms with Gasteiger partial charge in [-0.25, -0.2) is 0 Å². The van der Waals surface area contributed by atoms with Crippen molar-refractivity contribution in [3.8, 4) is 0 Å². The molecule has 2 rings (SSSR count). The molecule has 20 heavy (non-hydrogen) atoms. The average molecular weight is 276 g/mol. The lowest BCUT2D eigenvalue weighted by atomic mass is 9.97. The summed E-state index contributed by atoms with van der Waals surface area (Å²) < 4.78 is 1.76. The molecule has 0 spiro atoms. The van der Waals surface area contributed by atoms with E-state index in [-0.39, 0.29) is 12.5 Å². The van der Waals surface area contributed by atoms with Crippen LogP contribution in [0.15, 0.2) is 18.3 Å². The summed E-state index contributed by atoms with van der Waals surface area (Å²) in [6.45, 7) is 5.89. The number of aryl methyl sites for hydroxylation is 1. The molecule has 1 amide bonds. The third kappa shape index (κ3) is 2.80. The number of hydrogen-bond acceptors (Lipinski definition) is 4. The first-order valence-electron chi connectivity index (χ1n) is 6.81. The maximum Gasteiger partial charge on any atom is 0.252 e. The Labute approximate surface area is 117 Å². The van der Waals surface area contributed by atoms with Crippen molar-refractivity contribution in [3.05, 3.63) is 29.7 Å². The maximum absolute atomic E-state index is 12.1. The van der Waals surface area contributed by atoms with Gasteiger partial charge in [0, 0.05) is 12.7 Å². The fourth-order valence-electron chi connectivity index (χ4n) is 1.99. The molecule has 0 aliphatic rings. The zero-order valence-electron chi connectivity index (χ0n) is 12.1. The van der Waals surface area contributed by atoms with Crippen LogP contribution >= 0.6 is 0 Å². The van der Waals surface area contributed by atoms with Crippen LogP contribution in [0.5, 0.6) is 0 Å². The summed E-state index contributed by atoms with van der Waals surface area (Å²) in [5.74, 6) is 0.522. The highest BCUT2D eigenvalue weighted by atomic mass is 16.3. The smallest absolute Gasteiger partial charge is 0.252 e. The van der Waals surface area contributed by atoms with E-state index in [1.54, 1.807) is 22.7 Å². The molecule has 0 bridgehead atoms. The normalized spacial score (nSPS) is 11.8. The summed E-state index contributed by atoms with van der Waals surface area (Å²) in [5.41, 5.74) is 0.388. The summed E-state index contributed by atoms with van der Waals surface area (Å²) in [5, 5.41) is 20.9. The number of aromatic nitrogens is 3. The van der Waals surface area contributed by atoms with Gasteiger partial charge in [0.25, 0.3) is 5.91 Å². The van der Waals surface area contributed by atoms with Crippen LogP contribution in [0.2, 0.25) is 0 Å². The Kier molecular flexibility index (Phi) is 4.04. The molecule has 0 atom stereocenters. The number of carbonyl (C=O) groups excluding carboxylic acids is 1. The molecule has 2 heterocycles. The van der Waals surface area contributed by atoms with E-state index in [0.717, 1.165) is 5.82 Å². The van der Waals surface area contributed by atoms with Crippen LogP contribution < -0.4 is 5.32 Å². The third-order valence-corrected chi connectivity index (χ3v) is 3.73. The van der Waals surface area contributed by atoms with Crippen LogP contribution in [-0.4, -0.2) is 37.8 Å². The summed E-state index contributed by atoms with van der Waals surface area (Å²) >= 11 is 0. The number of aliphatic hydroxyl groups is 1. The molecule has 0 aliphatic heterocycles. The van der Waals surface area contributed by atoms with Crippen molar-refractivity contribution in [1.82, 2.24) is 19.9 Å². The zero-order valence-corrected chi connectivity index (χ0v) is 12.1. The molecule has 0 unspecified atom stereocenters. The lowest BCUT2D eigenvalue weighted by Gasteiger charge is -2.25. The molecular formula is C14H20N4O2. The van der Waals surface area contributed by atoms with Gasteiger partial charge < -0.3 is 10.4 Å². The standard InChI is InChI=1S/C14H20N4O2/c1-4-14(20,5-2)9-15-13(19)11-6-7-12-17-16-10(3)18(12)8-11/h6-8,20H,4-5,9H2,1-3H3,(H,15,19). The monoisotopic (exact) mass is 276 g/mol. The van der Waals surface area contributed by atoms with Crippen LogP contribution in [0.1, 0.15) is 42.9 Å². The minimum atomic E-state index is -0.841. The molecule has 0 aliphatic carbocycles. The van der Waals surface area contributed by atoms with Gasteiger partial charge in [0.05, 0.1) is 11.2 Å². The van der Waals surface area contributed by atoms with Crippen molar-refractivity contribution in [1.29, 1.82) is 0 Å². The molecule has 108 valence electrons. The topological polar surface area (TPSA) is 79.5 Å². The van der Waals surface area contributed by atoms with E-state index in [4.69, 9.17) is 0 Å². The first kappa shape index (κ1) is 14.5. The van der Waals surface area contributed by atoms with Gasteiger partial charge in [0.2, 0.25) is 0 Å². The molecule has 0 saturated heterocycles. The van der Waals surface area contributed by atoms with E-state index >= 15 is 0 Å². The Hall–Kier alpha value is -1.95. The second-order valence-corrected chi connectivity index (χ2v) is 5.01. The van der Waals surface area contributed by atoms with E-state index in [2.05, 4.69) is 15.5 Å². The zero-order chi connectivity index (χ0) is 14.8. The second-order valence-electron chi connectivity index (χ2n) is 5.01. The van der Waals surface area contributed by atoms with E-state index in [9.17, 15) is 9.90 Å². The number of hydrogen-bond donors (Lipinski definition) is 2. The third-order valence-electron chi connectivity index (χ3n) is 3.73. The molecule has 2 aromatic rings. The van der Waals surface area contributed by atoms with E-state index in [1.807, 2.05) is 20.8 Å². The predicted molar refractivity (Wildman–Crippen MR) is 75.6 cm³/mol. The number of fused-ring (bicyclic) bond motifs is 1. The number of nitrogens with one attached hydrogen (secondary N) is 1. The van der Waals surface area contributed by atoms with Crippen molar-refractivity contribution >= 4 is 11.6 Å². The van der Waals surface area contributed by atoms with Gasteiger partial charge >= 0.3 is 0 Å². The summed E-state index contributed by atoms with van der Waals surface area (Å²) in [6.07, 6.45) is 2.91. The van der Waals surface area contributed by atoms with Crippen LogP contribution in [0.25, 0.3) is 5.65 Å². The largest absolute Gasteiger partial charge is 0.388 e. The fourth-order valence-corrected chi connectivity index (χ4v) is 1.99. The maximum atomic E-state index is 12.1. The van der Waals surface area contributed by atoms with Crippen molar-refractivity contribution in [3.63, 3.8) is 0 Å². The van der Waals surface area contributed by atoms with E-state index in [1.165, 1.54) is 0 Å². The highest BCUT2D eigenvalue weighted by molar-refractivity contribution is 5.94. The minimum Gasteiger partial charge on any atom is -0.388 e. The Morgan fingerprint density at radius 2 is 2.05 bits per heavy atom. The van der Waals surface area contributed by atoms with Gasteiger partial charge in [0.15, 0.2) is 5.65 Å². The second kappa shape index (κ2) is 5.58.